The quantitative estimate of drug-likeness (QED) is 0.926. The van der Waals surface area contributed by atoms with Crippen LogP contribution in [0.1, 0.15) is 29.1 Å². The Morgan fingerprint density at radius 2 is 2.10 bits per heavy atom. The molecule has 1 aromatic carbocycles. The number of benzene rings is 1. The van der Waals surface area contributed by atoms with E-state index in [2.05, 4.69) is 16.4 Å². The van der Waals surface area contributed by atoms with Crippen LogP contribution in [0.3, 0.4) is 0 Å². The Morgan fingerprint density at radius 3 is 2.60 bits per heavy atom. The summed E-state index contributed by atoms with van der Waals surface area (Å²) in [7, 11) is 0. The number of aromatic nitrogens is 1. The maximum Gasteiger partial charge on any atom is 0.252 e. The van der Waals surface area contributed by atoms with Crippen molar-refractivity contribution < 1.29 is 9.21 Å². The molecule has 0 aliphatic heterocycles. The summed E-state index contributed by atoms with van der Waals surface area (Å²) in [6.45, 7) is 1.78. The third kappa shape index (κ3) is 2.28. The molecule has 0 atom stereocenters. The predicted molar refractivity (Wildman–Crippen MR) is 71.7 cm³/mol. The number of oxazole rings is 1. The lowest BCUT2D eigenvalue weighted by Crippen LogP contribution is -2.35. The number of rotatable bonds is 3. The second-order valence-corrected chi connectivity index (χ2v) is 4.98. The van der Waals surface area contributed by atoms with Crippen LogP contribution in [0.4, 0.5) is 0 Å². The smallest absolute Gasteiger partial charge is 0.252 e. The average Bonchev–Trinajstić information content (AvgIpc) is 3.11. The summed E-state index contributed by atoms with van der Waals surface area (Å²) in [4.78, 5) is 16.2. The Kier molecular flexibility index (Phi) is 2.79. The van der Waals surface area contributed by atoms with E-state index in [1.165, 1.54) is 0 Å². The maximum absolute atomic E-state index is 12.0. The minimum Gasteiger partial charge on any atom is -0.449 e. The molecule has 0 saturated heterocycles. The number of carbonyl (C=O) groups is 1. The van der Waals surface area contributed by atoms with E-state index < -0.39 is 5.54 Å². The first kappa shape index (κ1) is 12.4. The van der Waals surface area contributed by atoms with Crippen molar-refractivity contribution in [3.8, 4) is 17.3 Å². The van der Waals surface area contributed by atoms with Gasteiger partial charge in [-0.25, -0.2) is 4.98 Å². The van der Waals surface area contributed by atoms with E-state index >= 15 is 0 Å². The predicted octanol–water partition coefficient (Wildman–Crippen LogP) is 2.44. The van der Waals surface area contributed by atoms with Crippen LogP contribution >= 0.6 is 0 Å². The number of hydrogen-bond acceptors (Lipinski definition) is 4. The van der Waals surface area contributed by atoms with Gasteiger partial charge in [0, 0.05) is 18.1 Å². The molecule has 2 aromatic rings. The number of nitriles is 1. The summed E-state index contributed by atoms with van der Waals surface area (Å²) in [5.74, 6) is 0.387. The van der Waals surface area contributed by atoms with Gasteiger partial charge < -0.3 is 9.73 Å². The van der Waals surface area contributed by atoms with Gasteiger partial charge in [-0.3, -0.25) is 4.79 Å². The van der Waals surface area contributed by atoms with E-state index in [4.69, 9.17) is 9.68 Å². The van der Waals surface area contributed by atoms with Crippen LogP contribution in [0.15, 0.2) is 34.9 Å². The molecule has 0 radical (unpaired) electrons. The molecule has 1 aromatic heterocycles. The van der Waals surface area contributed by atoms with Crippen molar-refractivity contribution in [3.05, 3.63) is 42.0 Å². The molecule has 0 unspecified atom stereocenters. The van der Waals surface area contributed by atoms with Crippen LogP contribution in [0.2, 0.25) is 0 Å². The lowest BCUT2D eigenvalue weighted by Gasteiger charge is -2.09. The van der Waals surface area contributed by atoms with Gasteiger partial charge in [0.2, 0.25) is 0 Å². The zero-order valence-corrected chi connectivity index (χ0v) is 11.0. The summed E-state index contributed by atoms with van der Waals surface area (Å²) < 4.78 is 5.16. The highest BCUT2D eigenvalue weighted by molar-refractivity contribution is 5.95. The summed E-state index contributed by atoms with van der Waals surface area (Å²) in [5, 5.41) is 11.7. The summed E-state index contributed by atoms with van der Waals surface area (Å²) in [5.41, 5.74) is 1.53. The molecule has 1 saturated carbocycles. The van der Waals surface area contributed by atoms with Crippen molar-refractivity contribution >= 4 is 5.91 Å². The molecule has 3 rings (SSSR count). The van der Waals surface area contributed by atoms with E-state index in [-0.39, 0.29) is 5.91 Å². The normalized spacial score (nSPS) is 15.4. The SMILES string of the molecule is Cc1nc(-c2ccc(C(=O)NC3(C#N)CC3)cc2)co1. The van der Waals surface area contributed by atoms with E-state index in [0.29, 0.717) is 11.5 Å². The average molecular weight is 267 g/mol. The molecule has 1 N–H and O–H groups in total. The summed E-state index contributed by atoms with van der Waals surface area (Å²) in [6, 6.07) is 9.22. The zero-order valence-electron chi connectivity index (χ0n) is 11.0. The number of hydrogen-bond donors (Lipinski definition) is 1. The number of carbonyl (C=O) groups excluding carboxylic acids is 1. The van der Waals surface area contributed by atoms with Gasteiger partial charge in [0.1, 0.15) is 17.5 Å². The van der Waals surface area contributed by atoms with Crippen molar-refractivity contribution in [2.45, 2.75) is 25.3 Å². The molecule has 1 amide bonds. The molecule has 1 aliphatic carbocycles. The van der Waals surface area contributed by atoms with Gasteiger partial charge in [0.05, 0.1) is 6.07 Å². The summed E-state index contributed by atoms with van der Waals surface area (Å²) in [6.07, 6.45) is 3.04. The van der Waals surface area contributed by atoms with Gasteiger partial charge >= 0.3 is 0 Å². The number of amides is 1. The van der Waals surface area contributed by atoms with Crippen molar-refractivity contribution in [1.29, 1.82) is 5.26 Å². The standard InChI is InChI=1S/C15H13N3O2/c1-10-17-13(8-20-10)11-2-4-12(5-3-11)14(19)18-15(9-16)6-7-15/h2-5,8H,6-7H2,1H3,(H,18,19). The van der Waals surface area contributed by atoms with E-state index in [1.54, 1.807) is 25.3 Å². The molecule has 1 heterocycles. The third-order valence-electron chi connectivity index (χ3n) is 3.38. The first-order valence-electron chi connectivity index (χ1n) is 6.38. The fraction of sp³-hybridized carbons (Fsp3) is 0.267. The Labute approximate surface area is 116 Å². The monoisotopic (exact) mass is 267 g/mol. The minimum absolute atomic E-state index is 0.216. The molecule has 5 nitrogen and oxygen atoms in total. The van der Waals surface area contributed by atoms with Crippen LogP contribution < -0.4 is 5.32 Å². The molecule has 5 heteroatoms. The Morgan fingerprint density at radius 1 is 1.40 bits per heavy atom. The molecule has 1 aliphatic rings. The Hall–Kier alpha value is -2.61. The number of aryl methyl sites for hydroxylation is 1. The van der Waals surface area contributed by atoms with E-state index in [9.17, 15) is 4.79 Å². The highest BCUT2D eigenvalue weighted by atomic mass is 16.3. The second-order valence-electron chi connectivity index (χ2n) is 4.98. The number of nitrogens with one attached hydrogen (secondary N) is 1. The summed E-state index contributed by atoms with van der Waals surface area (Å²) >= 11 is 0. The van der Waals surface area contributed by atoms with Crippen LogP contribution in [-0.2, 0) is 0 Å². The van der Waals surface area contributed by atoms with Crippen LogP contribution in [0.25, 0.3) is 11.3 Å². The molecule has 20 heavy (non-hydrogen) atoms. The molecular formula is C15H13N3O2. The van der Waals surface area contributed by atoms with Gasteiger partial charge in [0.25, 0.3) is 5.91 Å². The van der Waals surface area contributed by atoms with E-state index in [0.717, 1.165) is 24.1 Å². The van der Waals surface area contributed by atoms with Crippen molar-refractivity contribution in [2.75, 3.05) is 0 Å². The third-order valence-corrected chi connectivity index (χ3v) is 3.38. The van der Waals surface area contributed by atoms with Gasteiger partial charge in [-0.2, -0.15) is 5.26 Å². The molecular weight excluding hydrogens is 254 g/mol. The first-order chi connectivity index (χ1) is 9.62. The fourth-order valence-electron chi connectivity index (χ4n) is 1.97. The van der Waals surface area contributed by atoms with Crippen molar-refractivity contribution in [2.24, 2.45) is 0 Å². The lowest BCUT2D eigenvalue weighted by molar-refractivity contribution is 0.0941. The van der Waals surface area contributed by atoms with Crippen LogP contribution in [0.5, 0.6) is 0 Å². The maximum atomic E-state index is 12.0. The largest absolute Gasteiger partial charge is 0.449 e. The molecule has 100 valence electrons. The minimum atomic E-state index is -0.640. The van der Waals surface area contributed by atoms with Crippen molar-refractivity contribution in [1.82, 2.24) is 10.3 Å². The number of nitrogens with zero attached hydrogens (tertiary/aromatic N) is 2. The van der Waals surface area contributed by atoms with E-state index in [1.807, 2.05) is 12.1 Å². The van der Waals surface area contributed by atoms with Crippen LogP contribution in [0, 0.1) is 18.3 Å². The topological polar surface area (TPSA) is 78.9 Å². The first-order valence-corrected chi connectivity index (χ1v) is 6.38. The zero-order chi connectivity index (χ0) is 14.2. The second kappa shape index (κ2) is 4.49. The fourth-order valence-corrected chi connectivity index (χ4v) is 1.97. The molecule has 1 fully saturated rings. The van der Waals surface area contributed by atoms with Gasteiger partial charge in [0.15, 0.2) is 5.89 Å². The lowest BCUT2D eigenvalue weighted by atomic mass is 10.1. The molecule has 0 bridgehead atoms. The Bertz CT molecular complexity index is 691. The highest BCUT2D eigenvalue weighted by Crippen LogP contribution is 2.34. The van der Waals surface area contributed by atoms with Gasteiger partial charge in [-0.05, 0) is 25.0 Å². The molecule has 0 spiro atoms. The van der Waals surface area contributed by atoms with Gasteiger partial charge in [-0.15, -0.1) is 0 Å². The van der Waals surface area contributed by atoms with Crippen molar-refractivity contribution in [3.63, 3.8) is 0 Å². The highest BCUT2D eigenvalue weighted by Gasteiger charge is 2.44. The Balaban J connectivity index is 1.76. The van der Waals surface area contributed by atoms with Crippen LogP contribution in [-0.4, -0.2) is 16.4 Å². The van der Waals surface area contributed by atoms with Gasteiger partial charge in [-0.1, -0.05) is 12.1 Å².